The summed E-state index contributed by atoms with van der Waals surface area (Å²) in [5.74, 6) is 0. The minimum Gasteiger partial charge on any atom is -0.248 e. The van der Waals surface area contributed by atoms with Crippen LogP contribution in [-0.4, -0.2) is 13.3 Å². The SMILES string of the molecule is C.FCCF. The summed E-state index contributed by atoms with van der Waals surface area (Å²) in [6, 6.07) is 0. The van der Waals surface area contributed by atoms with Crippen LogP contribution in [0, 0.1) is 0 Å². The molecule has 0 unspecified atom stereocenters. The summed E-state index contributed by atoms with van der Waals surface area (Å²) < 4.78 is 20.7. The predicted molar refractivity (Wildman–Crippen MR) is 18.7 cm³/mol. The van der Waals surface area contributed by atoms with Crippen LogP contribution in [0.1, 0.15) is 7.43 Å². The largest absolute Gasteiger partial charge is 0.248 e. The minimum atomic E-state index is -0.847. The molecule has 34 valence electrons. The van der Waals surface area contributed by atoms with Gasteiger partial charge < -0.3 is 0 Å². The number of halogens is 2. The van der Waals surface area contributed by atoms with Crippen LogP contribution in [0.5, 0.6) is 0 Å². The molecule has 0 aliphatic carbocycles. The first-order valence-electron chi connectivity index (χ1n) is 1.03. The van der Waals surface area contributed by atoms with Gasteiger partial charge in [-0.05, 0) is 0 Å². The molecule has 0 saturated heterocycles. The van der Waals surface area contributed by atoms with Crippen molar-refractivity contribution in [2.75, 3.05) is 13.3 Å². The predicted octanol–water partition coefficient (Wildman–Crippen LogP) is 1.56. The Morgan fingerprint density at radius 2 is 1.20 bits per heavy atom. The van der Waals surface area contributed by atoms with E-state index in [4.69, 9.17) is 0 Å². The molecule has 0 spiro atoms. The monoisotopic (exact) mass is 82.1 g/mol. The lowest BCUT2D eigenvalue weighted by Crippen LogP contribution is -1.68. The van der Waals surface area contributed by atoms with E-state index < -0.39 is 13.3 Å². The number of rotatable bonds is 1. The molecule has 0 radical (unpaired) electrons. The topological polar surface area (TPSA) is 0 Å². The summed E-state index contributed by atoms with van der Waals surface area (Å²) in [4.78, 5) is 0. The van der Waals surface area contributed by atoms with Crippen LogP contribution >= 0.6 is 0 Å². The van der Waals surface area contributed by atoms with Crippen LogP contribution < -0.4 is 0 Å². The van der Waals surface area contributed by atoms with E-state index in [0.717, 1.165) is 0 Å². The maximum atomic E-state index is 10.3. The van der Waals surface area contributed by atoms with Gasteiger partial charge in [-0.2, -0.15) is 0 Å². The van der Waals surface area contributed by atoms with E-state index in [1.165, 1.54) is 0 Å². The summed E-state index contributed by atoms with van der Waals surface area (Å²) in [7, 11) is 0. The van der Waals surface area contributed by atoms with Gasteiger partial charge in [-0.15, -0.1) is 0 Å². The van der Waals surface area contributed by atoms with Crippen molar-refractivity contribution in [2.24, 2.45) is 0 Å². The molecule has 0 aromatic carbocycles. The molecular weight excluding hydrogens is 74.0 g/mol. The number of alkyl halides is 2. The van der Waals surface area contributed by atoms with Gasteiger partial charge in [-0.3, -0.25) is 0 Å². The molecule has 0 aliphatic heterocycles. The van der Waals surface area contributed by atoms with Gasteiger partial charge in [-0.25, -0.2) is 8.78 Å². The van der Waals surface area contributed by atoms with Gasteiger partial charge in [0.05, 0.1) is 0 Å². The third-order valence-electron chi connectivity index (χ3n) is 0.0714. The quantitative estimate of drug-likeness (QED) is 0.450. The van der Waals surface area contributed by atoms with Gasteiger partial charge in [0.1, 0.15) is 13.3 Å². The molecule has 0 heterocycles. The molecule has 0 atom stereocenters. The fraction of sp³-hybridized carbons (Fsp3) is 1.00. The molecule has 0 bridgehead atoms. The first-order valence-corrected chi connectivity index (χ1v) is 1.03. The van der Waals surface area contributed by atoms with Gasteiger partial charge in [0.25, 0.3) is 0 Å². The second kappa shape index (κ2) is 9.13. The standard InChI is InChI=1S/C2H4F2.CH4/c3-1-2-4;/h1-2H2;1H4. The highest BCUT2D eigenvalue weighted by atomic mass is 19.2. The Morgan fingerprint density at radius 3 is 1.20 bits per heavy atom. The van der Waals surface area contributed by atoms with Crippen molar-refractivity contribution < 1.29 is 8.78 Å². The fourth-order valence-corrected chi connectivity index (χ4v) is 0. The van der Waals surface area contributed by atoms with Crippen LogP contribution in [0.4, 0.5) is 8.78 Å². The van der Waals surface area contributed by atoms with Crippen LogP contribution in [-0.2, 0) is 0 Å². The maximum absolute atomic E-state index is 10.3. The van der Waals surface area contributed by atoms with Crippen LogP contribution in [0.25, 0.3) is 0 Å². The van der Waals surface area contributed by atoms with E-state index in [2.05, 4.69) is 0 Å². The van der Waals surface area contributed by atoms with E-state index in [-0.39, 0.29) is 7.43 Å². The zero-order valence-electron chi connectivity index (χ0n) is 2.17. The van der Waals surface area contributed by atoms with Crippen molar-refractivity contribution in [3.63, 3.8) is 0 Å². The van der Waals surface area contributed by atoms with Crippen molar-refractivity contribution in [1.82, 2.24) is 0 Å². The second-order valence-electron chi connectivity index (χ2n) is 0.378. The summed E-state index contributed by atoms with van der Waals surface area (Å²) in [6.07, 6.45) is 0. The summed E-state index contributed by atoms with van der Waals surface area (Å²) in [6.45, 7) is -1.69. The van der Waals surface area contributed by atoms with Crippen molar-refractivity contribution in [1.29, 1.82) is 0 Å². The van der Waals surface area contributed by atoms with E-state index in [1.807, 2.05) is 0 Å². The van der Waals surface area contributed by atoms with Gasteiger partial charge >= 0.3 is 0 Å². The first-order chi connectivity index (χ1) is 1.91. The maximum Gasteiger partial charge on any atom is 0.118 e. The molecule has 0 aromatic rings. The van der Waals surface area contributed by atoms with E-state index in [1.54, 1.807) is 0 Å². The van der Waals surface area contributed by atoms with Crippen molar-refractivity contribution in [3.8, 4) is 0 Å². The van der Waals surface area contributed by atoms with Crippen LogP contribution in [0.2, 0.25) is 0 Å². The second-order valence-corrected chi connectivity index (χ2v) is 0.378. The van der Waals surface area contributed by atoms with E-state index in [9.17, 15) is 8.78 Å². The number of hydrogen-bond donors (Lipinski definition) is 0. The molecule has 0 saturated carbocycles. The summed E-state index contributed by atoms with van der Waals surface area (Å²) in [5, 5.41) is 0. The lowest BCUT2D eigenvalue weighted by atomic mass is 10.9. The minimum absolute atomic E-state index is 0. The van der Waals surface area contributed by atoms with Gasteiger partial charge in [0.15, 0.2) is 0 Å². The van der Waals surface area contributed by atoms with E-state index >= 15 is 0 Å². The molecule has 0 aromatic heterocycles. The highest BCUT2D eigenvalue weighted by Crippen LogP contribution is 1.63. The van der Waals surface area contributed by atoms with Gasteiger partial charge in [0, 0.05) is 0 Å². The molecule has 0 N–H and O–H groups in total. The summed E-state index contributed by atoms with van der Waals surface area (Å²) >= 11 is 0. The van der Waals surface area contributed by atoms with Crippen molar-refractivity contribution in [2.45, 2.75) is 7.43 Å². The Balaban J connectivity index is 0. The lowest BCUT2D eigenvalue weighted by Gasteiger charge is -1.61. The Labute approximate surface area is 30.8 Å². The zero-order chi connectivity index (χ0) is 3.41. The van der Waals surface area contributed by atoms with Crippen molar-refractivity contribution >= 4 is 0 Å². The number of hydrogen-bond acceptors (Lipinski definition) is 0. The third kappa shape index (κ3) is 18.1. The Hall–Kier alpha value is -0.140. The van der Waals surface area contributed by atoms with Crippen molar-refractivity contribution in [3.05, 3.63) is 0 Å². The molecule has 0 aliphatic rings. The average Bonchev–Trinajstić information content (AvgIpc) is 1.37. The Morgan fingerprint density at radius 1 is 1.00 bits per heavy atom. The lowest BCUT2D eigenvalue weighted by molar-refractivity contribution is 0.380. The third-order valence-corrected chi connectivity index (χ3v) is 0.0714. The van der Waals surface area contributed by atoms with Crippen LogP contribution in [0.15, 0.2) is 0 Å². The first kappa shape index (κ1) is 8.85. The van der Waals surface area contributed by atoms with E-state index in [0.29, 0.717) is 0 Å². The smallest absolute Gasteiger partial charge is 0.118 e. The van der Waals surface area contributed by atoms with Crippen LogP contribution in [0.3, 0.4) is 0 Å². The molecule has 0 fully saturated rings. The van der Waals surface area contributed by atoms with Gasteiger partial charge in [0.2, 0.25) is 0 Å². The van der Waals surface area contributed by atoms with Gasteiger partial charge in [-0.1, -0.05) is 7.43 Å². The molecule has 0 nitrogen and oxygen atoms in total. The average molecular weight is 82.1 g/mol. The molecule has 0 amide bonds. The highest BCUT2D eigenvalue weighted by Gasteiger charge is 1.65. The highest BCUT2D eigenvalue weighted by molar-refractivity contribution is 4.09. The molecule has 2 heteroatoms. The molecule has 0 rings (SSSR count). The summed E-state index contributed by atoms with van der Waals surface area (Å²) in [5.41, 5.74) is 0. The Kier molecular flexibility index (Phi) is 16.2. The molecule has 5 heavy (non-hydrogen) atoms. The fourth-order valence-electron chi connectivity index (χ4n) is 0. The molecular formula is C3H8F2. The zero-order valence-corrected chi connectivity index (χ0v) is 2.17. The Bertz CT molecular complexity index is 6.85. The normalized spacial score (nSPS) is 6.00.